The van der Waals surface area contributed by atoms with Crippen LogP contribution in [-0.4, -0.2) is 52.6 Å². The predicted octanol–water partition coefficient (Wildman–Crippen LogP) is 0.392. The van der Waals surface area contributed by atoms with Crippen LogP contribution in [0.2, 0.25) is 0 Å². The fourth-order valence-corrected chi connectivity index (χ4v) is 1.13. The third-order valence-corrected chi connectivity index (χ3v) is 2.07. The number of rotatable bonds is 8. The van der Waals surface area contributed by atoms with Gasteiger partial charge in [-0.3, -0.25) is 9.59 Å². The normalized spacial score (nSPS) is 13.9. The van der Waals surface area contributed by atoms with E-state index in [0.29, 0.717) is 6.61 Å². The maximum absolute atomic E-state index is 11.8. The van der Waals surface area contributed by atoms with Crippen LogP contribution in [-0.2, 0) is 28.5 Å². The van der Waals surface area contributed by atoms with Crippen LogP contribution in [0.1, 0.15) is 13.8 Å². The molecule has 17 heavy (non-hydrogen) atoms. The second-order valence-electron chi connectivity index (χ2n) is 3.90. The van der Waals surface area contributed by atoms with Crippen molar-refractivity contribution in [3.8, 4) is 0 Å². The summed E-state index contributed by atoms with van der Waals surface area (Å²) in [5.74, 6) is -0.922. The summed E-state index contributed by atoms with van der Waals surface area (Å²) in [6, 6.07) is 0. The maximum Gasteiger partial charge on any atom is 0.317 e. The summed E-state index contributed by atoms with van der Waals surface area (Å²) < 4.78 is 19.5. The fraction of sp³-hybridized carbons (Fsp3) is 0.818. The highest BCUT2D eigenvalue weighted by Gasteiger charge is 2.36. The van der Waals surface area contributed by atoms with Gasteiger partial charge in [0.15, 0.2) is 0 Å². The van der Waals surface area contributed by atoms with Crippen molar-refractivity contribution in [1.29, 1.82) is 0 Å². The second-order valence-corrected chi connectivity index (χ2v) is 3.90. The van der Waals surface area contributed by atoms with Gasteiger partial charge in [0.05, 0.1) is 13.2 Å². The molecule has 0 N–H and O–H groups in total. The highest BCUT2D eigenvalue weighted by atomic mass is 16.6. The minimum absolute atomic E-state index is 0.0675. The predicted molar refractivity (Wildman–Crippen MR) is 59.5 cm³/mol. The van der Waals surface area contributed by atoms with E-state index in [1.54, 1.807) is 6.92 Å². The van der Waals surface area contributed by atoms with Crippen molar-refractivity contribution < 1.29 is 28.5 Å². The number of carbonyl (C=O) groups is 2. The minimum Gasteiger partial charge on any atom is -0.465 e. The molecule has 0 amide bonds. The first-order chi connectivity index (χ1) is 7.96. The molecule has 0 aliphatic carbocycles. The van der Waals surface area contributed by atoms with Crippen LogP contribution in [0.5, 0.6) is 0 Å². The topological polar surface area (TPSA) is 71.1 Å². The number of hydrogen-bond acceptors (Lipinski definition) is 6. The number of esters is 2. The van der Waals surface area contributed by atoms with Gasteiger partial charge in [-0.05, 0) is 6.92 Å². The molecule has 0 aliphatic rings. The lowest BCUT2D eigenvalue weighted by Crippen LogP contribution is -2.39. The third-order valence-electron chi connectivity index (χ3n) is 2.07. The summed E-state index contributed by atoms with van der Waals surface area (Å²) in [6.07, 6.45) is 0. The molecule has 0 aromatic rings. The molecule has 0 fully saturated rings. The summed E-state index contributed by atoms with van der Waals surface area (Å²) in [4.78, 5) is 22.5. The lowest BCUT2D eigenvalue weighted by Gasteiger charge is -2.25. The lowest BCUT2D eigenvalue weighted by molar-refractivity contribution is -0.166. The van der Waals surface area contributed by atoms with Crippen molar-refractivity contribution in [1.82, 2.24) is 0 Å². The Bertz CT molecular complexity index is 252. The standard InChI is InChI=1S/C11H20O6/c1-9(12)17-8-11(2,7-15-4)10(13)16-6-5-14-3/h5-8H2,1-4H3. The molecule has 0 rings (SSSR count). The van der Waals surface area contributed by atoms with Gasteiger partial charge in [-0.25, -0.2) is 0 Å². The summed E-state index contributed by atoms with van der Waals surface area (Å²) in [5.41, 5.74) is -0.992. The Hall–Kier alpha value is -1.14. The van der Waals surface area contributed by atoms with Gasteiger partial charge in [-0.2, -0.15) is 0 Å². The maximum atomic E-state index is 11.8. The van der Waals surface area contributed by atoms with Crippen LogP contribution >= 0.6 is 0 Å². The van der Waals surface area contributed by atoms with E-state index in [1.807, 2.05) is 0 Å². The van der Waals surface area contributed by atoms with Gasteiger partial charge < -0.3 is 18.9 Å². The summed E-state index contributed by atoms with van der Waals surface area (Å²) in [5, 5.41) is 0. The van der Waals surface area contributed by atoms with Crippen LogP contribution in [0, 0.1) is 5.41 Å². The van der Waals surface area contributed by atoms with E-state index >= 15 is 0 Å². The zero-order valence-electron chi connectivity index (χ0n) is 10.8. The van der Waals surface area contributed by atoms with Gasteiger partial charge in [-0.1, -0.05) is 0 Å². The Labute approximate surface area is 101 Å². The monoisotopic (exact) mass is 248 g/mol. The molecule has 0 spiro atoms. The van der Waals surface area contributed by atoms with E-state index in [0.717, 1.165) is 0 Å². The van der Waals surface area contributed by atoms with E-state index in [9.17, 15) is 9.59 Å². The summed E-state index contributed by atoms with van der Waals surface area (Å²) in [6.45, 7) is 3.43. The molecule has 0 aliphatic heterocycles. The van der Waals surface area contributed by atoms with Crippen LogP contribution in [0.25, 0.3) is 0 Å². The van der Waals surface area contributed by atoms with Gasteiger partial charge in [0, 0.05) is 21.1 Å². The Morgan fingerprint density at radius 3 is 2.12 bits per heavy atom. The molecule has 0 aromatic heterocycles. The Balaban J connectivity index is 4.34. The van der Waals surface area contributed by atoms with E-state index in [2.05, 4.69) is 0 Å². The molecule has 6 nitrogen and oxygen atoms in total. The van der Waals surface area contributed by atoms with E-state index < -0.39 is 17.4 Å². The van der Waals surface area contributed by atoms with Crippen molar-refractivity contribution in [2.75, 3.05) is 40.6 Å². The highest BCUT2D eigenvalue weighted by molar-refractivity contribution is 5.77. The zero-order chi connectivity index (χ0) is 13.3. The highest BCUT2D eigenvalue weighted by Crippen LogP contribution is 2.19. The average molecular weight is 248 g/mol. The van der Waals surface area contributed by atoms with Crippen LogP contribution < -0.4 is 0 Å². The molecule has 1 unspecified atom stereocenters. The van der Waals surface area contributed by atoms with E-state index in [1.165, 1.54) is 21.1 Å². The molecule has 0 heterocycles. The van der Waals surface area contributed by atoms with Crippen molar-refractivity contribution in [3.05, 3.63) is 0 Å². The summed E-state index contributed by atoms with van der Waals surface area (Å²) in [7, 11) is 2.98. The second kappa shape index (κ2) is 8.03. The third kappa shape index (κ3) is 6.23. The number of hydrogen-bond donors (Lipinski definition) is 0. The van der Waals surface area contributed by atoms with Crippen LogP contribution in [0.15, 0.2) is 0 Å². The first kappa shape index (κ1) is 15.9. The molecule has 6 heteroatoms. The minimum atomic E-state index is -0.992. The number of ether oxygens (including phenoxy) is 4. The molecule has 100 valence electrons. The van der Waals surface area contributed by atoms with Crippen molar-refractivity contribution in [2.45, 2.75) is 13.8 Å². The van der Waals surface area contributed by atoms with Crippen molar-refractivity contribution >= 4 is 11.9 Å². The van der Waals surface area contributed by atoms with Crippen molar-refractivity contribution in [3.63, 3.8) is 0 Å². The van der Waals surface area contributed by atoms with Gasteiger partial charge in [-0.15, -0.1) is 0 Å². The largest absolute Gasteiger partial charge is 0.465 e. The Morgan fingerprint density at radius 1 is 1.00 bits per heavy atom. The SMILES string of the molecule is COCCOC(=O)C(C)(COC)COC(C)=O. The van der Waals surface area contributed by atoms with Crippen LogP contribution in [0.4, 0.5) is 0 Å². The molecule has 1 atom stereocenters. The molecule has 0 bridgehead atoms. The van der Waals surface area contributed by atoms with Crippen LogP contribution in [0.3, 0.4) is 0 Å². The van der Waals surface area contributed by atoms with Gasteiger partial charge >= 0.3 is 11.9 Å². The van der Waals surface area contributed by atoms with Gasteiger partial charge in [0.2, 0.25) is 0 Å². The van der Waals surface area contributed by atoms with E-state index in [-0.39, 0.29) is 19.8 Å². The van der Waals surface area contributed by atoms with Gasteiger partial charge in [0.25, 0.3) is 0 Å². The zero-order valence-corrected chi connectivity index (χ0v) is 10.8. The Morgan fingerprint density at radius 2 is 1.65 bits per heavy atom. The first-order valence-electron chi connectivity index (χ1n) is 5.24. The first-order valence-corrected chi connectivity index (χ1v) is 5.24. The molecular weight excluding hydrogens is 228 g/mol. The van der Waals surface area contributed by atoms with Crippen molar-refractivity contribution in [2.24, 2.45) is 5.41 Å². The molecular formula is C11H20O6. The quantitative estimate of drug-likeness (QED) is 0.457. The number of methoxy groups -OCH3 is 2. The smallest absolute Gasteiger partial charge is 0.317 e. The summed E-state index contributed by atoms with van der Waals surface area (Å²) >= 11 is 0. The van der Waals surface area contributed by atoms with Gasteiger partial charge in [0.1, 0.15) is 18.6 Å². The number of carbonyl (C=O) groups excluding carboxylic acids is 2. The molecule has 0 aromatic carbocycles. The van der Waals surface area contributed by atoms with E-state index in [4.69, 9.17) is 18.9 Å². The molecule has 0 saturated heterocycles. The Kier molecular flexibility index (Phi) is 7.49. The molecule has 0 radical (unpaired) electrons. The molecule has 0 saturated carbocycles. The average Bonchev–Trinajstić information content (AvgIpc) is 2.27. The lowest BCUT2D eigenvalue weighted by atomic mass is 9.93. The fourth-order valence-electron chi connectivity index (χ4n) is 1.13.